The molecule has 0 bridgehead atoms. The van der Waals surface area contributed by atoms with Gasteiger partial charge in [0.25, 0.3) is 0 Å². The Kier molecular flexibility index (Phi) is 4.90. The van der Waals surface area contributed by atoms with Gasteiger partial charge in [-0.3, -0.25) is 0 Å². The molecule has 0 radical (unpaired) electrons. The average molecular weight is 273 g/mol. The summed E-state index contributed by atoms with van der Waals surface area (Å²) >= 11 is 1.42. The van der Waals surface area contributed by atoms with Crippen molar-refractivity contribution in [1.82, 2.24) is 4.98 Å². The summed E-state index contributed by atoms with van der Waals surface area (Å²) in [4.78, 5) is 4.16. The second kappa shape index (κ2) is 6.00. The highest BCUT2D eigenvalue weighted by molar-refractivity contribution is 7.09. The third-order valence-corrected chi connectivity index (χ3v) is 2.88. The van der Waals surface area contributed by atoms with Crippen LogP contribution < -0.4 is 0 Å². The molecule has 0 saturated heterocycles. The van der Waals surface area contributed by atoms with Crippen molar-refractivity contribution < 1.29 is 13.2 Å². The number of hydrogen-bond acceptors (Lipinski definition) is 2. The van der Waals surface area contributed by atoms with Crippen molar-refractivity contribution in [3.8, 4) is 11.3 Å². The summed E-state index contributed by atoms with van der Waals surface area (Å²) in [5.41, 5.74) is 0.448. The number of benzene rings is 1. The standard InChI is InChI=1S/C11H8F3NS.C2H6/c1-7-15-10(6-16-7)8-3-2-4-9(5-8)11(12,13)14;1-2/h2-6H,1H3;1-2H3. The first-order chi connectivity index (χ1) is 8.47. The lowest BCUT2D eigenvalue weighted by atomic mass is 10.1. The number of rotatable bonds is 1. The van der Waals surface area contributed by atoms with E-state index in [1.165, 1.54) is 17.4 Å². The third-order valence-electron chi connectivity index (χ3n) is 2.10. The minimum absolute atomic E-state index is 0.499. The summed E-state index contributed by atoms with van der Waals surface area (Å²) in [5.74, 6) is 0. The molecule has 1 heterocycles. The van der Waals surface area contributed by atoms with Crippen molar-refractivity contribution in [3.63, 3.8) is 0 Å². The normalized spacial score (nSPS) is 10.8. The van der Waals surface area contributed by atoms with Crippen LogP contribution in [0.1, 0.15) is 24.4 Å². The van der Waals surface area contributed by atoms with Crippen molar-refractivity contribution >= 4 is 11.3 Å². The van der Waals surface area contributed by atoms with Crippen LogP contribution in [-0.4, -0.2) is 4.98 Å². The second-order valence-corrected chi connectivity index (χ2v) is 4.39. The van der Waals surface area contributed by atoms with E-state index in [4.69, 9.17) is 0 Å². The van der Waals surface area contributed by atoms with Crippen LogP contribution in [0.5, 0.6) is 0 Å². The Balaban J connectivity index is 0.000000771. The molecule has 2 aromatic rings. The van der Waals surface area contributed by atoms with Gasteiger partial charge in [-0.1, -0.05) is 26.0 Å². The molecule has 0 unspecified atom stereocenters. The number of hydrogen-bond donors (Lipinski definition) is 0. The molecule has 0 aliphatic rings. The maximum absolute atomic E-state index is 12.5. The lowest BCUT2D eigenvalue weighted by Crippen LogP contribution is -2.04. The van der Waals surface area contributed by atoms with Gasteiger partial charge < -0.3 is 0 Å². The van der Waals surface area contributed by atoms with Gasteiger partial charge in [0.2, 0.25) is 0 Å². The Morgan fingerprint density at radius 2 is 1.83 bits per heavy atom. The maximum Gasteiger partial charge on any atom is 0.416 e. The molecule has 2 rings (SSSR count). The number of aromatic nitrogens is 1. The lowest BCUT2D eigenvalue weighted by Gasteiger charge is -2.07. The summed E-state index contributed by atoms with van der Waals surface area (Å²) in [5, 5.41) is 2.59. The lowest BCUT2D eigenvalue weighted by molar-refractivity contribution is -0.137. The van der Waals surface area contributed by atoms with Crippen LogP contribution >= 0.6 is 11.3 Å². The van der Waals surface area contributed by atoms with Crippen molar-refractivity contribution in [3.05, 3.63) is 40.2 Å². The van der Waals surface area contributed by atoms with Crippen molar-refractivity contribution in [2.45, 2.75) is 26.9 Å². The zero-order chi connectivity index (χ0) is 13.8. The summed E-state index contributed by atoms with van der Waals surface area (Å²) in [6.45, 7) is 5.82. The summed E-state index contributed by atoms with van der Waals surface area (Å²) in [6.07, 6.45) is -4.30. The molecule has 0 amide bonds. The highest BCUT2D eigenvalue weighted by atomic mass is 32.1. The first-order valence-corrected chi connectivity index (χ1v) is 6.44. The third kappa shape index (κ3) is 3.57. The predicted octanol–water partition coefficient (Wildman–Crippen LogP) is 5.16. The molecule has 98 valence electrons. The summed E-state index contributed by atoms with van der Waals surface area (Å²) < 4.78 is 37.4. The first kappa shape index (κ1) is 14.7. The van der Waals surface area contributed by atoms with Gasteiger partial charge in [0.1, 0.15) is 0 Å². The van der Waals surface area contributed by atoms with Crippen molar-refractivity contribution in [2.24, 2.45) is 0 Å². The van der Waals surface area contributed by atoms with E-state index in [0.717, 1.165) is 17.1 Å². The Morgan fingerprint density at radius 3 is 2.33 bits per heavy atom. The second-order valence-electron chi connectivity index (χ2n) is 3.33. The van der Waals surface area contributed by atoms with Crippen LogP contribution in [0.15, 0.2) is 29.6 Å². The van der Waals surface area contributed by atoms with Crippen LogP contribution in [0.3, 0.4) is 0 Å². The SMILES string of the molecule is CC.Cc1nc(-c2cccc(C(F)(F)F)c2)cs1. The molecule has 1 aromatic heterocycles. The molecule has 1 nitrogen and oxygen atoms in total. The van der Waals surface area contributed by atoms with E-state index in [2.05, 4.69) is 4.98 Å². The smallest absolute Gasteiger partial charge is 0.242 e. The molecule has 0 spiro atoms. The van der Waals surface area contributed by atoms with Crippen molar-refractivity contribution in [1.29, 1.82) is 0 Å². The monoisotopic (exact) mass is 273 g/mol. The number of aryl methyl sites for hydroxylation is 1. The highest BCUT2D eigenvalue weighted by Crippen LogP contribution is 2.32. The van der Waals surface area contributed by atoms with Gasteiger partial charge >= 0.3 is 6.18 Å². The van der Waals surface area contributed by atoms with E-state index >= 15 is 0 Å². The maximum atomic E-state index is 12.5. The minimum Gasteiger partial charge on any atom is -0.242 e. The molecule has 0 saturated carbocycles. The molecule has 1 aromatic carbocycles. The number of halogens is 3. The van der Waals surface area contributed by atoms with Crippen LogP contribution in [-0.2, 0) is 6.18 Å². The van der Waals surface area contributed by atoms with Gasteiger partial charge in [-0.05, 0) is 19.1 Å². The Bertz CT molecular complexity index is 503. The molecule has 0 aliphatic heterocycles. The van der Waals surface area contributed by atoms with E-state index in [1.807, 2.05) is 20.8 Å². The van der Waals surface area contributed by atoms with Gasteiger partial charge in [-0.2, -0.15) is 13.2 Å². The predicted molar refractivity (Wildman–Crippen MR) is 68.6 cm³/mol. The van der Waals surface area contributed by atoms with Gasteiger partial charge in [0, 0.05) is 10.9 Å². The molecule has 0 fully saturated rings. The van der Waals surface area contributed by atoms with E-state index in [-0.39, 0.29) is 0 Å². The molecule has 5 heteroatoms. The van der Waals surface area contributed by atoms with E-state index < -0.39 is 11.7 Å². The van der Waals surface area contributed by atoms with E-state index in [0.29, 0.717) is 11.3 Å². The highest BCUT2D eigenvalue weighted by Gasteiger charge is 2.30. The molecular formula is C13H14F3NS. The van der Waals surface area contributed by atoms with Gasteiger partial charge in [-0.15, -0.1) is 11.3 Å². The fourth-order valence-corrected chi connectivity index (χ4v) is 1.97. The van der Waals surface area contributed by atoms with E-state index in [9.17, 15) is 13.2 Å². The largest absolute Gasteiger partial charge is 0.416 e. The quantitative estimate of drug-likeness (QED) is 0.699. The Hall–Kier alpha value is -1.36. The number of alkyl halides is 3. The fraction of sp³-hybridized carbons (Fsp3) is 0.308. The molecule has 0 aliphatic carbocycles. The molecule has 0 N–H and O–H groups in total. The molecular weight excluding hydrogens is 259 g/mol. The zero-order valence-corrected chi connectivity index (χ0v) is 11.2. The van der Waals surface area contributed by atoms with E-state index in [1.54, 1.807) is 11.4 Å². The Morgan fingerprint density at radius 1 is 1.17 bits per heavy atom. The average Bonchev–Trinajstić information content (AvgIpc) is 2.78. The van der Waals surface area contributed by atoms with Crippen LogP contribution in [0.4, 0.5) is 13.2 Å². The zero-order valence-electron chi connectivity index (χ0n) is 10.4. The summed E-state index contributed by atoms with van der Waals surface area (Å²) in [6, 6.07) is 5.20. The number of nitrogens with zero attached hydrogens (tertiary/aromatic N) is 1. The molecule has 18 heavy (non-hydrogen) atoms. The number of thiazole rings is 1. The van der Waals surface area contributed by atoms with Crippen molar-refractivity contribution in [2.75, 3.05) is 0 Å². The van der Waals surface area contributed by atoms with Crippen LogP contribution in [0.25, 0.3) is 11.3 Å². The van der Waals surface area contributed by atoms with Gasteiger partial charge in [0.05, 0.1) is 16.3 Å². The van der Waals surface area contributed by atoms with Crippen LogP contribution in [0.2, 0.25) is 0 Å². The van der Waals surface area contributed by atoms with Gasteiger partial charge in [-0.25, -0.2) is 4.98 Å². The first-order valence-electron chi connectivity index (χ1n) is 5.56. The summed E-state index contributed by atoms with van der Waals surface area (Å²) in [7, 11) is 0. The molecule has 0 atom stereocenters. The van der Waals surface area contributed by atoms with Gasteiger partial charge in [0.15, 0.2) is 0 Å². The van der Waals surface area contributed by atoms with Crippen LogP contribution in [0, 0.1) is 6.92 Å². The minimum atomic E-state index is -4.30. The Labute approximate surface area is 108 Å². The fourth-order valence-electron chi connectivity index (χ4n) is 1.35. The topological polar surface area (TPSA) is 12.9 Å².